The summed E-state index contributed by atoms with van der Waals surface area (Å²) in [7, 11) is 3.52. The van der Waals surface area contributed by atoms with Crippen LogP contribution in [0.15, 0.2) is 48.9 Å². The number of hydrogen-bond donors (Lipinski definition) is 0. The molecule has 0 bridgehead atoms. The summed E-state index contributed by atoms with van der Waals surface area (Å²) in [6.07, 6.45) is 5.82. The largest absolute Gasteiger partial charge is 0.314 e. The molecular formula is C21H21ClN4O2. The Morgan fingerprint density at radius 2 is 1.89 bits per heavy atom. The second-order valence-corrected chi connectivity index (χ2v) is 6.93. The van der Waals surface area contributed by atoms with Crippen molar-refractivity contribution in [2.24, 2.45) is 7.05 Å². The fraction of sp³-hybridized carbons (Fsp3) is 0.238. The zero-order chi connectivity index (χ0) is 20.3. The second-order valence-electron chi connectivity index (χ2n) is 6.53. The maximum atomic E-state index is 12.4. The molecule has 0 aliphatic rings. The summed E-state index contributed by atoms with van der Waals surface area (Å²) >= 11 is 6.37. The molecular weight excluding hydrogens is 376 g/mol. The summed E-state index contributed by atoms with van der Waals surface area (Å²) in [6.45, 7) is 1.81. The predicted molar refractivity (Wildman–Crippen MR) is 110 cm³/mol. The number of rotatable bonds is 6. The highest BCUT2D eigenvalue weighted by Gasteiger charge is 2.14. The van der Waals surface area contributed by atoms with Crippen molar-refractivity contribution < 1.29 is 9.59 Å². The molecule has 7 heteroatoms. The fourth-order valence-corrected chi connectivity index (χ4v) is 3.21. The number of aromatic nitrogens is 3. The molecule has 6 nitrogen and oxygen atoms in total. The van der Waals surface area contributed by atoms with E-state index in [1.54, 1.807) is 41.2 Å². The van der Waals surface area contributed by atoms with Crippen LogP contribution in [0.3, 0.4) is 0 Å². The third kappa shape index (κ3) is 4.28. The third-order valence-electron chi connectivity index (χ3n) is 4.49. The molecule has 1 amide bonds. The number of amides is 1. The third-order valence-corrected chi connectivity index (χ3v) is 4.79. The van der Waals surface area contributed by atoms with Crippen LogP contribution < -0.4 is 4.90 Å². The van der Waals surface area contributed by atoms with Crippen LogP contribution in [0.25, 0.3) is 11.1 Å². The van der Waals surface area contributed by atoms with Gasteiger partial charge < -0.3 is 4.90 Å². The van der Waals surface area contributed by atoms with Crippen LogP contribution in [0.4, 0.5) is 5.69 Å². The van der Waals surface area contributed by atoms with Crippen molar-refractivity contribution in [2.75, 3.05) is 11.9 Å². The highest BCUT2D eigenvalue weighted by Crippen LogP contribution is 2.31. The molecule has 3 aromatic rings. The summed E-state index contributed by atoms with van der Waals surface area (Å²) < 4.78 is 1.66. The van der Waals surface area contributed by atoms with Crippen molar-refractivity contribution in [3.8, 4) is 11.1 Å². The van der Waals surface area contributed by atoms with Gasteiger partial charge in [0.25, 0.3) is 0 Å². The highest BCUT2D eigenvalue weighted by molar-refractivity contribution is 6.34. The molecule has 0 fully saturated rings. The van der Waals surface area contributed by atoms with Crippen LogP contribution in [0.5, 0.6) is 0 Å². The number of Topliss-reactive ketones (excluding diaryl/α,β-unsaturated/α-hetero) is 1. The van der Waals surface area contributed by atoms with E-state index >= 15 is 0 Å². The van der Waals surface area contributed by atoms with Crippen LogP contribution in [0, 0.1) is 0 Å². The minimum absolute atomic E-state index is 0.00667. The first-order valence-corrected chi connectivity index (χ1v) is 9.30. The average molecular weight is 397 g/mol. The number of anilines is 1. The first-order chi connectivity index (χ1) is 13.4. The van der Waals surface area contributed by atoms with Crippen molar-refractivity contribution in [3.05, 3.63) is 65.2 Å². The monoisotopic (exact) mass is 396 g/mol. The standard InChI is InChI=1S/C21H21ClN4O2/c1-4-21(28)26(3)19-8-6-15(10-17(19)22)16-5-7-18(23-12-16)20(27)9-14-11-24-25(2)13-14/h5-8,10-13H,4,9H2,1-3H3. The lowest BCUT2D eigenvalue weighted by Gasteiger charge is -2.18. The summed E-state index contributed by atoms with van der Waals surface area (Å²) in [4.78, 5) is 30.1. The van der Waals surface area contributed by atoms with Gasteiger partial charge in [-0.3, -0.25) is 19.3 Å². The molecule has 0 N–H and O–H groups in total. The Bertz CT molecular complexity index is 1010. The van der Waals surface area contributed by atoms with E-state index in [0.29, 0.717) is 22.8 Å². The number of benzene rings is 1. The lowest BCUT2D eigenvalue weighted by atomic mass is 10.0. The van der Waals surface area contributed by atoms with Gasteiger partial charge in [0.15, 0.2) is 5.78 Å². The highest BCUT2D eigenvalue weighted by atomic mass is 35.5. The zero-order valence-corrected chi connectivity index (χ0v) is 16.8. The maximum absolute atomic E-state index is 12.4. The second kappa shape index (κ2) is 8.35. The van der Waals surface area contributed by atoms with Gasteiger partial charge in [-0.05, 0) is 29.3 Å². The predicted octanol–water partition coefficient (Wildman–Crippen LogP) is 3.93. The number of hydrogen-bond acceptors (Lipinski definition) is 4. The van der Waals surface area contributed by atoms with E-state index in [1.165, 1.54) is 0 Å². The molecule has 0 radical (unpaired) electrons. The Morgan fingerprint density at radius 1 is 1.14 bits per heavy atom. The van der Waals surface area contributed by atoms with Gasteiger partial charge in [-0.25, -0.2) is 0 Å². The number of carbonyl (C=O) groups is 2. The Hall–Kier alpha value is -2.99. The number of aryl methyl sites for hydroxylation is 1. The quantitative estimate of drug-likeness (QED) is 0.592. The maximum Gasteiger partial charge on any atom is 0.226 e. The van der Waals surface area contributed by atoms with E-state index in [1.807, 2.05) is 38.4 Å². The van der Waals surface area contributed by atoms with Crippen molar-refractivity contribution in [2.45, 2.75) is 19.8 Å². The number of ketones is 1. The summed E-state index contributed by atoms with van der Waals surface area (Å²) in [5.41, 5.74) is 3.63. The topological polar surface area (TPSA) is 68.1 Å². The minimum Gasteiger partial charge on any atom is -0.314 e. The Kier molecular flexibility index (Phi) is 5.90. The molecule has 0 atom stereocenters. The Balaban J connectivity index is 1.77. The fourth-order valence-electron chi connectivity index (χ4n) is 2.90. The average Bonchev–Trinajstić information content (AvgIpc) is 3.11. The number of pyridine rings is 1. The molecule has 0 aliphatic carbocycles. The van der Waals surface area contributed by atoms with Crippen LogP contribution in [-0.2, 0) is 18.3 Å². The van der Waals surface area contributed by atoms with Crippen molar-refractivity contribution in [3.63, 3.8) is 0 Å². The first kappa shape index (κ1) is 19.8. The lowest BCUT2D eigenvalue weighted by Crippen LogP contribution is -2.25. The van der Waals surface area contributed by atoms with Crippen LogP contribution in [0.1, 0.15) is 29.4 Å². The Labute approximate surface area is 168 Å². The smallest absolute Gasteiger partial charge is 0.226 e. The van der Waals surface area contributed by atoms with Crippen molar-refractivity contribution in [1.29, 1.82) is 0 Å². The Morgan fingerprint density at radius 3 is 2.46 bits per heavy atom. The molecule has 0 spiro atoms. The van der Waals surface area contributed by atoms with Gasteiger partial charge in [0.05, 0.1) is 16.9 Å². The number of nitrogens with zero attached hydrogens (tertiary/aromatic N) is 4. The van der Waals surface area contributed by atoms with Crippen molar-refractivity contribution in [1.82, 2.24) is 14.8 Å². The molecule has 0 saturated heterocycles. The molecule has 2 heterocycles. The van der Waals surface area contributed by atoms with E-state index in [0.717, 1.165) is 16.7 Å². The molecule has 0 unspecified atom stereocenters. The van der Waals surface area contributed by atoms with E-state index in [9.17, 15) is 9.59 Å². The van der Waals surface area contributed by atoms with Gasteiger partial charge in [-0.15, -0.1) is 0 Å². The van der Waals surface area contributed by atoms with Gasteiger partial charge in [0.2, 0.25) is 5.91 Å². The molecule has 3 rings (SSSR count). The van der Waals surface area contributed by atoms with Gasteiger partial charge >= 0.3 is 0 Å². The SMILES string of the molecule is CCC(=O)N(C)c1ccc(-c2ccc(C(=O)Cc3cnn(C)c3)nc2)cc1Cl. The van der Waals surface area contributed by atoms with Gasteiger partial charge in [0.1, 0.15) is 5.69 Å². The minimum atomic E-state index is -0.0624. The zero-order valence-electron chi connectivity index (χ0n) is 16.0. The molecule has 2 aromatic heterocycles. The van der Waals surface area contributed by atoms with Gasteiger partial charge in [0, 0.05) is 44.9 Å². The van der Waals surface area contributed by atoms with E-state index in [2.05, 4.69) is 10.1 Å². The van der Waals surface area contributed by atoms with E-state index < -0.39 is 0 Å². The van der Waals surface area contributed by atoms with Crippen LogP contribution >= 0.6 is 11.6 Å². The van der Waals surface area contributed by atoms with Gasteiger partial charge in [-0.2, -0.15) is 5.10 Å². The molecule has 0 saturated carbocycles. The number of carbonyl (C=O) groups excluding carboxylic acids is 2. The van der Waals surface area contributed by atoms with E-state index in [4.69, 9.17) is 11.6 Å². The summed E-state index contributed by atoms with van der Waals surface area (Å²) in [5, 5.41) is 4.55. The summed E-state index contributed by atoms with van der Waals surface area (Å²) in [5.74, 6) is -0.0690. The molecule has 0 aliphatic heterocycles. The summed E-state index contributed by atoms with van der Waals surface area (Å²) in [6, 6.07) is 9.05. The van der Waals surface area contributed by atoms with Gasteiger partial charge in [-0.1, -0.05) is 30.7 Å². The van der Waals surface area contributed by atoms with E-state index in [-0.39, 0.29) is 18.1 Å². The van der Waals surface area contributed by atoms with Crippen molar-refractivity contribution >= 4 is 29.0 Å². The first-order valence-electron chi connectivity index (χ1n) is 8.92. The lowest BCUT2D eigenvalue weighted by molar-refractivity contribution is -0.118. The molecule has 144 valence electrons. The van der Waals surface area contributed by atoms with Crippen LogP contribution in [0.2, 0.25) is 5.02 Å². The molecule has 1 aromatic carbocycles. The normalized spacial score (nSPS) is 10.7. The molecule has 28 heavy (non-hydrogen) atoms. The van der Waals surface area contributed by atoms with Crippen LogP contribution in [-0.4, -0.2) is 33.5 Å². The number of halogens is 1.